The van der Waals surface area contributed by atoms with E-state index in [1.165, 1.54) is 0 Å². The van der Waals surface area contributed by atoms with E-state index in [-0.39, 0.29) is 0 Å². The molecule has 1 unspecified atom stereocenters. The standard InChI is InChI=1S/C11H20F3NOS/c1-2-3-4-5-6-7-16-8-9(10(15)17)11(12,13)14/h9H,2-8H2,1H3,(H2,15,17). The van der Waals surface area contributed by atoms with Gasteiger partial charge in [0.05, 0.1) is 11.6 Å². The van der Waals surface area contributed by atoms with Crippen LogP contribution in [0.1, 0.15) is 39.0 Å². The minimum Gasteiger partial charge on any atom is -0.393 e. The summed E-state index contributed by atoms with van der Waals surface area (Å²) in [6.45, 7) is 1.97. The Labute approximate surface area is 106 Å². The second kappa shape index (κ2) is 8.69. The normalized spacial score (nSPS) is 13.6. The number of halogens is 3. The molecule has 0 aliphatic carbocycles. The summed E-state index contributed by atoms with van der Waals surface area (Å²) in [5.41, 5.74) is 5.03. The molecule has 0 spiro atoms. The molecule has 0 saturated carbocycles. The predicted octanol–water partition coefficient (Wildman–Crippen LogP) is 3.44. The summed E-state index contributed by atoms with van der Waals surface area (Å²) in [5.74, 6) is -1.83. The zero-order valence-corrected chi connectivity index (χ0v) is 10.9. The van der Waals surface area contributed by atoms with Gasteiger partial charge in [0.1, 0.15) is 5.92 Å². The number of rotatable bonds is 9. The van der Waals surface area contributed by atoms with E-state index in [9.17, 15) is 13.2 Å². The van der Waals surface area contributed by atoms with Crippen LogP contribution in [0.15, 0.2) is 0 Å². The quantitative estimate of drug-likeness (QED) is 0.515. The van der Waals surface area contributed by atoms with Crippen molar-refractivity contribution in [2.75, 3.05) is 13.2 Å². The van der Waals surface area contributed by atoms with Gasteiger partial charge in [-0.15, -0.1) is 0 Å². The van der Waals surface area contributed by atoms with Gasteiger partial charge in [-0.3, -0.25) is 0 Å². The fourth-order valence-electron chi connectivity index (χ4n) is 1.35. The Kier molecular flexibility index (Phi) is 8.51. The van der Waals surface area contributed by atoms with Gasteiger partial charge in [-0.05, 0) is 6.42 Å². The highest BCUT2D eigenvalue weighted by Crippen LogP contribution is 2.26. The van der Waals surface area contributed by atoms with Crippen molar-refractivity contribution in [3.05, 3.63) is 0 Å². The van der Waals surface area contributed by atoms with Crippen molar-refractivity contribution >= 4 is 17.2 Å². The third kappa shape index (κ3) is 8.37. The predicted molar refractivity (Wildman–Crippen MR) is 65.9 cm³/mol. The number of hydrogen-bond donors (Lipinski definition) is 1. The van der Waals surface area contributed by atoms with Gasteiger partial charge in [0.25, 0.3) is 0 Å². The molecule has 0 radical (unpaired) electrons. The Morgan fingerprint density at radius 1 is 1.24 bits per heavy atom. The van der Waals surface area contributed by atoms with Crippen molar-refractivity contribution in [1.82, 2.24) is 0 Å². The minimum absolute atomic E-state index is 0.332. The zero-order chi connectivity index (χ0) is 13.3. The third-order valence-electron chi connectivity index (χ3n) is 2.42. The molecule has 0 aromatic rings. The molecule has 0 bridgehead atoms. The summed E-state index contributed by atoms with van der Waals surface area (Å²) in [6, 6.07) is 0. The fourth-order valence-corrected chi connectivity index (χ4v) is 1.55. The van der Waals surface area contributed by atoms with E-state index >= 15 is 0 Å². The molecular weight excluding hydrogens is 251 g/mol. The summed E-state index contributed by atoms with van der Waals surface area (Å²) < 4.78 is 42.2. The highest BCUT2D eigenvalue weighted by atomic mass is 32.1. The van der Waals surface area contributed by atoms with Gasteiger partial charge in [0.2, 0.25) is 0 Å². The summed E-state index contributed by atoms with van der Waals surface area (Å²) in [7, 11) is 0. The molecule has 6 heteroatoms. The molecule has 17 heavy (non-hydrogen) atoms. The van der Waals surface area contributed by atoms with Crippen LogP contribution in [0, 0.1) is 5.92 Å². The minimum atomic E-state index is -4.41. The third-order valence-corrected chi connectivity index (χ3v) is 2.70. The van der Waals surface area contributed by atoms with E-state index in [0.29, 0.717) is 6.61 Å². The molecule has 0 amide bonds. The Morgan fingerprint density at radius 2 is 1.82 bits per heavy atom. The van der Waals surface area contributed by atoms with E-state index in [0.717, 1.165) is 32.1 Å². The largest absolute Gasteiger partial charge is 0.400 e. The van der Waals surface area contributed by atoms with E-state index < -0.39 is 23.7 Å². The topological polar surface area (TPSA) is 35.2 Å². The molecule has 2 N–H and O–H groups in total. The molecule has 0 aromatic carbocycles. The highest BCUT2D eigenvalue weighted by Gasteiger charge is 2.41. The van der Waals surface area contributed by atoms with Gasteiger partial charge in [-0.2, -0.15) is 13.2 Å². The molecule has 0 aromatic heterocycles. The van der Waals surface area contributed by atoms with Crippen LogP contribution < -0.4 is 5.73 Å². The van der Waals surface area contributed by atoms with Gasteiger partial charge in [0, 0.05) is 6.61 Å². The molecular formula is C11H20F3NOS. The smallest absolute Gasteiger partial charge is 0.393 e. The second-order valence-electron chi connectivity index (χ2n) is 3.99. The van der Waals surface area contributed by atoms with Crippen LogP contribution in [0.5, 0.6) is 0 Å². The highest BCUT2D eigenvalue weighted by molar-refractivity contribution is 7.80. The lowest BCUT2D eigenvalue weighted by Crippen LogP contribution is -2.37. The number of unbranched alkanes of at least 4 members (excludes halogenated alkanes) is 4. The van der Waals surface area contributed by atoms with Gasteiger partial charge >= 0.3 is 6.18 Å². The van der Waals surface area contributed by atoms with Crippen molar-refractivity contribution in [1.29, 1.82) is 0 Å². The monoisotopic (exact) mass is 271 g/mol. The number of hydrogen-bond acceptors (Lipinski definition) is 2. The number of ether oxygens (including phenoxy) is 1. The lowest BCUT2D eigenvalue weighted by molar-refractivity contribution is -0.167. The molecule has 0 heterocycles. The molecule has 0 fully saturated rings. The van der Waals surface area contributed by atoms with Gasteiger partial charge in [0.15, 0.2) is 0 Å². The Hall–Kier alpha value is -0.360. The molecule has 102 valence electrons. The van der Waals surface area contributed by atoms with Gasteiger partial charge < -0.3 is 10.5 Å². The molecule has 0 saturated heterocycles. The van der Waals surface area contributed by atoms with E-state index in [4.69, 9.17) is 10.5 Å². The summed E-state index contributed by atoms with van der Waals surface area (Å²) in [6.07, 6.45) is 0.738. The average molecular weight is 271 g/mol. The fraction of sp³-hybridized carbons (Fsp3) is 0.909. The first-order chi connectivity index (χ1) is 7.89. The first-order valence-corrected chi connectivity index (χ1v) is 6.24. The Morgan fingerprint density at radius 3 is 2.29 bits per heavy atom. The SMILES string of the molecule is CCCCCCCOCC(C(N)=S)C(F)(F)F. The maximum absolute atomic E-state index is 12.4. The van der Waals surface area contributed by atoms with E-state index in [1.54, 1.807) is 0 Å². The van der Waals surface area contributed by atoms with Crippen LogP contribution in [-0.4, -0.2) is 24.4 Å². The summed E-state index contributed by atoms with van der Waals surface area (Å²) in [5, 5.41) is 0. The number of nitrogens with two attached hydrogens (primary N) is 1. The Balaban J connectivity index is 3.67. The Bertz CT molecular complexity index is 221. The lowest BCUT2D eigenvalue weighted by Gasteiger charge is -2.18. The van der Waals surface area contributed by atoms with Crippen LogP contribution in [0.2, 0.25) is 0 Å². The summed E-state index contributed by atoms with van der Waals surface area (Å²) >= 11 is 4.38. The molecule has 0 rings (SSSR count). The zero-order valence-electron chi connectivity index (χ0n) is 10.1. The van der Waals surface area contributed by atoms with Crippen LogP contribution in [-0.2, 0) is 4.74 Å². The van der Waals surface area contributed by atoms with E-state index in [1.807, 2.05) is 0 Å². The van der Waals surface area contributed by atoms with Crippen LogP contribution in [0.25, 0.3) is 0 Å². The van der Waals surface area contributed by atoms with Crippen LogP contribution >= 0.6 is 12.2 Å². The maximum Gasteiger partial charge on any atom is 0.400 e. The van der Waals surface area contributed by atoms with Crippen LogP contribution in [0.3, 0.4) is 0 Å². The molecule has 0 aliphatic heterocycles. The first-order valence-electron chi connectivity index (χ1n) is 5.83. The average Bonchev–Trinajstić information content (AvgIpc) is 2.19. The molecule has 1 atom stereocenters. The second-order valence-corrected chi connectivity index (χ2v) is 4.46. The number of alkyl halides is 3. The van der Waals surface area contributed by atoms with Crippen molar-refractivity contribution in [2.24, 2.45) is 11.7 Å². The number of thiocarbonyl (C=S) groups is 1. The maximum atomic E-state index is 12.4. The van der Waals surface area contributed by atoms with Crippen molar-refractivity contribution in [3.8, 4) is 0 Å². The molecule has 0 aliphatic rings. The van der Waals surface area contributed by atoms with Crippen molar-refractivity contribution in [3.63, 3.8) is 0 Å². The molecule has 2 nitrogen and oxygen atoms in total. The summed E-state index contributed by atoms with van der Waals surface area (Å²) in [4.78, 5) is -0.552. The lowest BCUT2D eigenvalue weighted by atomic mass is 10.1. The van der Waals surface area contributed by atoms with Gasteiger partial charge in [-0.25, -0.2) is 0 Å². The van der Waals surface area contributed by atoms with Crippen LogP contribution in [0.4, 0.5) is 13.2 Å². The first kappa shape index (κ1) is 16.6. The van der Waals surface area contributed by atoms with Gasteiger partial charge in [-0.1, -0.05) is 44.8 Å². The van der Waals surface area contributed by atoms with E-state index in [2.05, 4.69) is 19.1 Å². The van der Waals surface area contributed by atoms with Crippen molar-refractivity contribution < 1.29 is 17.9 Å². The van der Waals surface area contributed by atoms with Crippen molar-refractivity contribution in [2.45, 2.75) is 45.2 Å².